The summed E-state index contributed by atoms with van der Waals surface area (Å²) in [7, 11) is 3.33. The predicted octanol–water partition coefficient (Wildman–Crippen LogP) is 3.68. The van der Waals surface area contributed by atoms with Crippen LogP contribution < -0.4 is 14.8 Å². The number of benzene rings is 2. The summed E-state index contributed by atoms with van der Waals surface area (Å²) in [6, 6.07) is 14.3. The maximum atomic E-state index is 12.6. The number of rotatable bonds is 8. The van der Waals surface area contributed by atoms with Gasteiger partial charge in [-0.05, 0) is 43.5 Å². The largest absolute Gasteiger partial charge is 0.497 e. The molecule has 30 heavy (non-hydrogen) atoms. The molecule has 1 fully saturated rings. The van der Waals surface area contributed by atoms with E-state index in [9.17, 15) is 4.79 Å². The molecule has 1 saturated heterocycles. The molecule has 0 aliphatic carbocycles. The molecule has 3 aromatic rings. The molecule has 0 bridgehead atoms. The van der Waals surface area contributed by atoms with Crippen molar-refractivity contribution in [3.05, 3.63) is 59.8 Å². The van der Waals surface area contributed by atoms with Crippen molar-refractivity contribution in [1.29, 1.82) is 0 Å². The first kappa shape index (κ1) is 20.3. The molecule has 0 saturated carbocycles. The van der Waals surface area contributed by atoms with Gasteiger partial charge in [0.1, 0.15) is 11.5 Å². The summed E-state index contributed by atoms with van der Waals surface area (Å²) in [6.45, 7) is 1.94. The van der Waals surface area contributed by atoms with Crippen LogP contribution in [0.4, 0.5) is 0 Å². The highest BCUT2D eigenvalue weighted by atomic mass is 16.5. The molecule has 6 heteroatoms. The number of hydrogen-bond acceptors (Lipinski definition) is 4. The van der Waals surface area contributed by atoms with Crippen molar-refractivity contribution < 1.29 is 14.3 Å². The Morgan fingerprint density at radius 2 is 2.07 bits per heavy atom. The topological polar surface area (TPSA) is 66.6 Å². The smallest absolute Gasteiger partial charge is 0.234 e. The Morgan fingerprint density at radius 3 is 2.90 bits per heavy atom. The fraction of sp³-hybridized carbons (Fsp3) is 0.375. The van der Waals surface area contributed by atoms with E-state index in [1.165, 1.54) is 10.9 Å². The van der Waals surface area contributed by atoms with Gasteiger partial charge >= 0.3 is 0 Å². The number of nitrogens with one attached hydrogen (secondary N) is 2. The lowest BCUT2D eigenvalue weighted by molar-refractivity contribution is -0.122. The van der Waals surface area contributed by atoms with Crippen LogP contribution in [-0.4, -0.2) is 49.6 Å². The van der Waals surface area contributed by atoms with Crippen molar-refractivity contribution >= 4 is 16.8 Å². The van der Waals surface area contributed by atoms with E-state index in [0.29, 0.717) is 13.1 Å². The van der Waals surface area contributed by atoms with Gasteiger partial charge in [0, 0.05) is 41.3 Å². The third-order valence-electron chi connectivity index (χ3n) is 5.90. The highest BCUT2D eigenvalue weighted by molar-refractivity contribution is 5.83. The van der Waals surface area contributed by atoms with Gasteiger partial charge in [-0.25, -0.2) is 0 Å². The summed E-state index contributed by atoms with van der Waals surface area (Å²) in [5, 5.41) is 4.31. The van der Waals surface area contributed by atoms with E-state index >= 15 is 0 Å². The van der Waals surface area contributed by atoms with Gasteiger partial charge in [-0.1, -0.05) is 24.3 Å². The Morgan fingerprint density at radius 1 is 1.20 bits per heavy atom. The third kappa shape index (κ3) is 4.28. The Balaban J connectivity index is 1.34. The van der Waals surface area contributed by atoms with Gasteiger partial charge in [-0.2, -0.15) is 0 Å². The number of carbonyl (C=O) groups is 1. The number of nitrogens with zero attached hydrogens (tertiary/aromatic N) is 1. The highest BCUT2D eigenvalue weighted by Crippen LogP contribution is 2.38. The Labute approximate surface area is 177 Å². The summed E-state index contributed by atoms with van der Waals surface area (Å²) in [5.41, 5.74) is 3.47. The number of para-hydroxylation sites is 1. The van der Waals surface area contributed by atoms with Crippen LogP contribution in [0, 0.1) is 0 Å². The number of hydrogen-bond donors (Lipinski definition) is 2. The van der Waals surface area contributed by atoms with Crippen LogP contribution >= 0.6 is 0 Å². The number of amides is 1. The molecule has 0 unspecified atom stereocenters. The van der Waals surface area contributed by atoms with Crippen LogP contribution in [0.3, 0.4) is 0 Å². The Kier molecular flexibility index (Phi) is 6.23. The molecular weight excluding hydrogens is 378 g/mol. The first-order valence-corrected chi connectivity index (χ1v) is 10.5. The van der Waals surface area contributed by atoms with Crippen molar-refractivity contribution in [3.8, 4) is 11.5 Å². The quantitative estimate of drug-likeness (QED) is 0.598. The van der Waals surface area contributed by atoms with E-state index in [0.717, 1.165) is 48.4 Å². The average molecular weight is 408 g/mol. The number of H-pyrrole nitrogens is 1. The van der Waals surface area contributed by atoms with Crippen LogP contribution in [0.15, 0.2) is 48.7 Å². The zero-order chi connectivity index (χ0) is 20.9. The fourth-order valence-electron chi connectivity index (χ4n) is 4.38. The number of aromatic nitrogens is 1. The lowest BCUT2D eigenvalue weighted by atomic mass is 10.0. The molecule has 1 atom stereocenters. The summed E-state index contributed by atoms with van der Waals surface area (Å²) >= 11 is 0. The van der Waals surface area contributed by atoms with Gasteiger partial charge in [-0.3, -0.25) is 9.69 Å². The van der Waals surface area contributed by atoms with E-state index in [2.05, 4.69) is 33.4 Å². The summed E-state index contributed by atoms with van der Waals surface area (Å²) in [4.78, 5) is 18.1. The van der Waals surface area contributed by atoms with Gasteiger partial charge < -0.3 is 19.8 Å². The minimum Gasteiger partial charge on any atom is -0.497 e. The van der Waals surface area contributed by atoms with Crippen LogP contribution in [0.25, 0.3) is 10.9 Å². The second-order valence-electron chi connectivity index (χ2n) is 7.70. The molecule has 6 nitrogen and oxygen atoms in total. The third-order valence-corrected chi connectivity index (χ3v) is 5.90. The molecule has 158 valence electrons. The van der Waals surface area contributed by atoms with E-state index in [1.807, 2.05) is 30.5 Å². The normalized spacial score (nSPS) is 16.7. The maximum Gasteiger partial charge on any atom is 0.234 e. The number of aromatic amines is 1. The molecule has 2 N–H and O–H groups in total. The molecule has 0 spiro atoms. The van der Waals surface area contributed by atoms with E-state index in [-0.39, 0.29) is 11.9 Å². The number of ether oxygens (including phenoxy) is 2. The fourth-order valence-corrected chi connectivity index (χ4v) is 4.38. The Bertz CT molecular complexity index is 1010. The van der Waals surface area contributed by atoms with Gasteiger partial charge in [0.05, 0.1) is 20.8 Å². The van der Waals surface area contributed by atoms with Gasteiger partial charge in [-0.15, -0.1) is 0 Å². The van der Waals surface area contributed by atoms with Crippen molar-refractivity contribution in [3.63, 3.8) is 0 Å². The molecule has 0 radical (unpaired) electrons. The molecule has 1 aliphatic heterocycles. The molecule has 4 rings (SSSR count). The van der Waals surface area contributed by atoms with Crippen LogP contribution in [0.5, 0.6) is 11.5 Å². The molecule has 1 amide bonds. The minimum atomic E-state index is 0.0641. The van der Waals surface area contributed by atoms with Gasteiger partial charge in [0.15, 0.2) is 0 Å². The molecule has 2 aromatic carbocycles. The van der Waals surface area contributed by atoms with E-state index in [1.54, 1.807) is 14.2 Å². The van der Waals surface area contributed by atoms with Crippen molar-refractivity contribution in [2.24, 2.45) is 0 Å². The SMILES string of the molecule is COc1ccc([C@H]2CCCN2CC(=O)NCCc2c[nH]c3ccccc23)c(OC)c1. The second-order valence-corrected chi connectivity index (χ2v) is 7.70. The highest BCUT2D eigenvalue weighted by Gasteiger charge is 2.29. The number of fused-ring (bicyclic) bond motifs is 1. The number of carbonyl (C=O) groups excluding carboxylic acids is 1. The zero-order valence-corrected chi connectivity index (χ0v) is 17.6. The molecule has 1 aromatic heterocycles. The lowest BCUT2D eigenvalue weighted by Crippen LogP contribution is -2.37. The van der Waals surface area contributed by atoms with Crippen molar-refractivity contribution in [2.75, 3.05) is 33.9 Å². The van der Waals surface area contributed by atoms with Crippen molar-refractivity contribution in [1.82, 2.24) is 15.2 Å². The van der Waals surface area contributed by atoms with Gasteiger partial charge in [0.2, 0.25) is 5.91 Å². The summed E-state index contributed by atoms with van der Waals surface area (Å²) in [5.74, 6) is 1.65. The maximum absolute atomic E-state index is 12.6. The molecule has 1 aliphatic rings. The number of likely N-dealkylation sites (tertiary alicyclic amines) is 1. The number of methoxy groups -OCH3 is 2. The monoisotopic (exact) mass is 407 g/mol. The molecular formula is C24H29N3O3. The Hall–Kier alpha value is -2.99. The van der Waals surface area contributed by atoms with Crippen LogP contribution in [0.2, 0.25) is 0 Å². The standard InChI is InChI=1S/C24H29N3O3/c1-29-18-9-10-20(23(14-18)30-2)22-8-5-13-27(22)16-24(28)25-12-11-17-15-26-21-7-4-3-6-19(17)21/h3-4,6-7,9-10,14-15,22,26H,5,8,11-13,16H2,1-2H3,(H,25,28)/t22-/m1/s1. The lowest BCUT2D eigenvalue weighted by Gasteiger charge is -2.25. The molecule has 2 heterocycles. The predicted molar refractivity (Wildman–Crippen MR) is 118 cm³/mol. The first-order chi connectivity index (χ1) is 14.7. The van der Waals surface area contributed by atoms with E-state index < -0.39 is 0 Å². The minimum absolute atomic E-state index is 0.0641. The van der Waals surface area contributed by atoms with Crippen LogP contribution in [0.1, 0.15) is 30.0 Å². The summed E-state index contributed by atoms with van der Waals surface area (Å²) < 4.78 is 10.9. The first-order valence-electron chi connectivity index (χ1n) is 10.5. The summed E-state index contributed by atoms with van der Waals surface area (Å²) in [6.07, 6.45) is 4.93. The van der Waals surface area contributed by atoms with Crippen LogP contribution in [-0.2, 0) is 11.2 Å². The van der Waals surface area contributed by atoms with Crippen molar-refractivity contribution in [2.45, 2.75) is 25.3 Å². The van der Waals surface area contributed by atoms with E-state index in [4.69, 9.17) is 9.47 Å². The zero-order valence-electron chi connectivity index (χ0n) is 17.6. The second kappa shape index (κ2) is 9.22. The average Bonchev–Trinajstić information content (AvgIpc) is 3.40. The van der Waals surface area contributed by atoms with Gasteiger partial charge in [0.25, 0.3) is 0 Å².